The number of rotatable bonds is 2. The highest BCUT2D eigenvalue weighted by atomic mass is 127. The molecule has 0 aliphatic carbocycles. The zero-order chi connectivity index (χ0) is 11.0. The predicted octanol–water partition coefficient (Wildman–Crippen LogP) is 1.31. The first-order chi connectivity index (χ1) is 6.38. The summed E-state index contributed by atoms with van der Waals surface area (Å²) in [6, 6.07) is 0. The molecule has 2 atom stereocenters. The first-order valence-corrected chi connectivity index (χ1v) is 5.78. The number of hydrogen-bond acceptors (Lipinski definition) is 4. The van der Waals surface area contributed by atoms with Crippen molar-refractivity contribution in [2.45, 2.75) is 25.9 Å². The quantitative estimate of drug-likeness (QED) is 0.334. The molecule has 1 fully saturated rings. The second kappa shape index (κ2) is 3.67. The predicted molar refractivity (Wildman–Crippen MR) is 58.1 cm³/mol. The van der Waals surface area contributed by atoms with E-state index in [1.54, 1.807) is 6.92 Å². The van der Waals surface area contributed by atoms with Gasteiger partial charge >= 0.3 is 11.9 Å². The van der Waals surface area contributed by atoms with Crippen LogP contribution in [-0.2, 0) is 19.1 Å². The monoisotopic (exact) mass is 312 g/mol. The van der Waals surface area contributed by atoms with Crippen LogP contribution in [0, 0.1) is 5.41 Å². The Hall–Kier alpha value is -0.330. The fraction of sp³-hybridized carbons (Fsp3) is 0.778. The average molecular weight is 312 g/mol. The molecule has 5 heteroatoms. The van der Waals surface area contributed by atoms with Gasteiger partial charge in [0.2, 0.25) is 0 Å². The first-order valence-electron chi connectivity index (χ1n) is 4.26. The number of carbonyl (C=O) groups is 2. The van der Waals surface area contributed by atoms with Gasteiger partial charge in [-0.15, -0.1) is 0 Å². The first kappa shape index (κ1) is 11.7. The second-order valence-electron chi connectivity index (χ2n) is 3.97. The van der Waals surface area contributed by atoms with Gasteiger partial charge in [0.25, 0.3) is 0 Å². The van der Waals surface area contributed by atoms with Crippen molar-refractivity contribution >= 4 is 34.5 Å². The van der Waals surface area contributed by atoms with E-state index in [9.17, 15) is 9.59 Å². The van der Waals surface area contributed by atoms with E-state index in [1.165, 1.54) is 7.11 Å². The van der Waals surface area contributed by atoms with Crippen LogP contribution in [-0.4, -0.2) is 29.1 Å². The molecule has 80 valence electrons. The number of carbonyl (C=O) groups excluding carboxylic acids is 2. The van der Waals surface area contributed by atoms with Crippen molar-refractivity contribution in [3.63, 3.8) is 0 Å². The van der Waals surface area contributed by atoms with Crippen LogP contribution in [0.3, 0.4) is 0 Å². The Morgan fingerprint density at radius 1 is 1.64 bits per heavy atom. The molecule has 1 rings (SSSR count). The molecule has 14 heavy (non-hydrogen) atoms. The van der Waals surface area contributed by atoms with E-state index in [-0.39, 0.29) is 0 Å². The highest BCUT2D eigenvalue weighted by Gasteiger charge is 2.56. The standard InChI is InChI=1S/C9H13IO4/c1-8(5-10)4-9(2,6(11)13-3)7(12)14-8/h4-5H2,1-3H3/t8-,9-/m0/s1. The third-order valence-electron chi connectivity index (χ3n) is 2.44. The van der Waals surface area contributed by atoms with Crippen LogP contribution in [0.25, 0.3) is 0 Å². The highest BCUT2D eigenvalue weighted by Crippen LogP contribution is 2.41. The largest absolute Gasteiger partial charge is 0.468 e. The maximum atomic E-state index is 11.5. The molecule has 1 saturated heterocycles. The molecular weight excluding hydrogens is 299 g/mol. The van der Waals surface area contributed by atoms with Gasteiger partial charge in [0.1, 0.15) is 5.60 Å². The summed E-state index contributed by atoms with van der Waals surface area (Å²) >= 11 is 2.14. The summed E-state index contributed by atoms with van der Waals surface area (Å²) in [7, 11) is 1.28. The van der Waals surface area contributed by atoms with Crippen LogP contribution in [0.5, 0.6) is 0 Å². The normalized spacial score (nSPS) is 36.7. The number of alkyl halides is 1. The number of cyclic esters (lactones) is 1. The summed E-state index contributed by atoms with van der Waals surface area (Å²) in [6.45, 7) is 3.39. The number of hydrogen-bond donors (Lipinski definition) is 0. The van der Waals surface area contributed by atoms with E-state index in [0.717, 1.165) is 0 Å². The molecule has 0 aromatic carbocycles. The van der Waals surface area contributed by atoms with E-state index >= 15 is 0 Å². The van der Waals surface area contributed by atoms with E-state index in [1.807, 2.05) is 6.92 Å². The van der Waals surface area contributed by atoms with E-state index in [2.05, 4.69) is 27.3 Å². The fourth-order valence-corrected chi connectivity index (χ4v) is 2.07. The summed E-state index contributed by atoms with van der Waals surface area (Å²) in [5.74, 6) is -1.00. The Morgan fingerprint density at radius 3 is 2.57 bits per heavy atom. The fourth-order valence-electron chi connectivity index (χ4n) is 1.65. The molecular formula is C9H13IO4. The summed E-state index contributed by atoms with van der Waals surface area (Å²) in [5.41, 5.74) is -1.67. The zero-order valence-electron chi connectivity index (χ0n) is 8.43. The molecule has 0 unspecified atom stereocenters. The molecule has 4 nitrogen and oxygen atoms in total. The number of methoxy groups -OCH3 is 1. The summed E-state index contributed by atoms with van der Waals surface area (Å²) in [6.07, 6.45) is 0.383. The van der Waals surface area contributed by atoms with Crippen LogP contribution in [0.1, 0.15) is 20.3 Å². The lowest BCUT2D eigenvalue weighted by Gasteiger charge is -2.20. The Bertz CT molecular complexity index is 278. The minimum absolute atomic E-state index is 0.383. The van der Waals surface area contributed by atoms with Gasteiger partial charge in [-0.1, -0.05) is 22.6 Å². The van der Waals surface area contributed by atoms with E-state index in [4.69, 9.17) is 4.74 Å². The average Bonchev–Trinajstić information content (AvgIpc) is 2.38. The van der Waals surface area contributed by atoms with E-state index in [0.29, 0.717) is 10.8 Å². The Morgan fingerprint density at radius 2 is 2.21 bits per heavy atom. The van der Waals surface area contributed by atoms with Gasteiger partial charge in [-0.2, -0.15) is 0 Å². The van der Waals surface area contributed by atoms with Crippen LogP contribution >= 0.6 is 22.6 Å². The SMILES string of the molecule is COC(=O)[C@]1(C)C[C@@](C)(CI)OC1=O. The molecule has 1 aliphatic heterocycles. The van der Waals surface area contributed by atoms with Crippen LogP contribution in [0.4, 0.5) is 0 Å². The number of esters is 2. The summed E-state index contributed by atoms with van der Waals surface area (Å²) < 4.78 is 10.5. The second-order valence-corrected chi connectivity index (χ2v) is 4.74. The topological polar surface area (TPSA) is 52.6 Å². The van der Waals surface area contributed by atoms with Crippen molar-refractivity contribution in [3.05, 3.63) is 0 Å². The van der Waals surface area contributed by atoms with Crippen molar-refractivity contribution in [2.24, 2.45) is 5.41 Å². The third-order valence-corrected chi connectivity index (χ3v) is 4.05. The third kappa shape index (κ3) is 1.74. The smallest absolute Gasteiger partial charge is 0.323 e. The van der Waals surface area contributed by atoms with Crippen molar-refractivity contribution in [3.8, 4) is 0 Å². The van der Waals surface area contributed by atoms with Crippen molar-refractivity contribution < 1.29 is 19.1 Å². The van der Waals surface area contributed by atoms with E-state index < -0.39 is 23.0 Å². The van der Waals surface area contributed by atoms with Gasteiger partial charge in [-0.05, 0) is 13.8 Å². The molecule has 0 N–H and O–H groups in total. The minimum Gasteiger partial charge on any atom is -0.468 e. The molecule has 0 radical (unpaired) electrons. The van der Waals surface area contributed by atoms with Gasteiger partial charge in [0, 0.05) is 10.8 Å². The zero-order valence-corrected chi connectivity index (χ0v) is 10.6. The van der Waals surface area contributed by atoms with Gasteiger partial charge in [0.15, 0.2) is 5.41 Å². The maximum Gasteiger partial charge on any atom is 0.323 e. The lowest BCUT2D eigenvalue weighted by atomic mass is 9.83. The molecule has 0 amide bonds. The minimum atomic E-state index is -1.13. The van der Waals surface area contributed by atoms with Crippen LogP contribution in [0.2, 0.25) is 0 Å². The van der Waals surface area contributed by atoms with Crippen molar-refractivity contribution in [1.29, 1.82) is 0 Å². The van der Waals surface area contributed by atoms with Crippen LogP contribution in [0.15, 0.2) is 0 Å². The van der Waals surface area contributed by atoms with Crippen LogP contribution < -0.4 is 0 Å². The molecule has 1 aliphatic rings. The summed E-state index contributed by atoms with van der Waals surface area (Å²) in [4.78, 5) is 23.0. The molecule has 0 spiro atoms. The Labute approximate surface area is 96.5 Å². The van der Waals surface area contributed by atoms with Crippen molar-refractivity contribution in [2.75, 3.05) is 11.5 Å². The van der Waals surface area contributed by atoms with Gasteiger partial charge in [-0.3, -0.25) is 9.59 Å². The lowest BCUT2D eigenvalue weighted by molar-refractivity contribution is -0.162. The number of halogens is 1. The van der Waals surface area contributed by atoms with Gasteiger partial charge < -0.3 is 9.47 Å². The molecule has 1 heterocycles. The number of ether oxygens (including phenoxy) is 2. The summed E-state index contributed by atoms with van der Waals surface area (Å²) in [5, 5.41) is 0. The maximum absolute atomic E-state index is 11.5. The lowest BCUT2D eigenvalue weighted by Crippen LogP contribution is -2.34. The van der Waals surface area contributed by atoms with Gasteiger partial charge in [0.05, 0.1) is 7.11 Å². The molecule has 0 aromatic rings. The molecule has 0 aromatic heterocycles. The van der Waals surface area contributed by atoms with Crippen molar-refractivity contribution in [1.82, 2.24) is 0 Å². The Kier molecular flexibility index (Phi) is 3.08. The van der Waals surface area contributed by atoms with Gasteiger partial charge in [-0.25, -0.2) is 0 Å². The molecule has 0 bridgehead atoms. The molecule has 0 saturated carbocycles. The highest BCUT2D eigenvalue weighted by molar-refractivity contribution is 14.1. The Balaban J connectivity index is 2.94.